The number of aliphatic carboxylic acids is 1. The molecule has 1 N–H and O–H groups in total. The molecule has 0 saturated heterocycles. The second-order valence-electron chi connectivity index (χ2n) is 3.88. The van der Waals surface area contributed by atoms with Crippen LogP contribution in [-0.2, 0) is 11.2 Å². The lowest BCUT2D eigenvalue weighted by Crippen LogP contribution is -2.12. The van der Waals surface area contributed by atoms with Crippen molar-refractivity contribution in [3.8, 4) is 0 Å². The molecule has 17 heavy (non-hydrogen) atoms. The first-order chi connectivity index (χ1) is 8.09. The van der Waals surface area contributed by atoms with Gasteiger partial charge in [0.05, 0.1) is 0 Å². The molecule has 2 rings (SSSR count). The van der Waals surface area contributed by atoms with E-state index in [4.69, 9.17) is 9.52 Å². The molecule has 0 spiro atoms. The van der Waals surface area contributed by atoms with Gasteiger partial charge in [0.1, 0.15) is 5.58 Å². The number of carboxylic acids is 1. The number of para-hydroxylation sites is 1. The highest BCUT2D eigenvalue weighted by Crippen LogP contribution is 2.19. The van der Waals surface area contributed by atoms with E-state index >= 15 is 0 Å². The molecule has 1 aromatic heterocycles. The van der Waals surface area contributed by atoms with E-state index < -0.39 is 11.6 Å². The monoisotopic (exact) mass is 232 g/mol. The standard InChI is InChI=1S/C13H12O4/c1-8-9-4-2-3-5-11(9)17-13(16)10(8)6-7-12(14)15/h2-5H,6-7H2,1H3,(H,14,15). The van der Waals surface area contributed by atoms with Crippen molar-refractivity contribution in [1.82, 2.24) is 0 Å². The van der Waals surface area contributed by atoms with E-state index in [0.717, 1.165) is 10.9 Å². The molecule has 0 aliphatic heterocycles. The molecule has 0 aliphatic rings. The van der Waals surface area contributed by atoms with Crippen molar-refractivity contribution in [3.05, 3.63) is 45.8 Å². The normalized spacial score (nSPS) is 10.6. The van der Waals surface area contributed by atoms with Crippen molar-refractivity contribution < 1.29 is 14.3 Å². The average molecular weight is 232 g/mol. The number of aryl methyl sites for hydroxylation is 1. The minimum atomic E-state index is -0.919. The molecule has 4 heteroatoms. The molecular weight excluding hydrogens is 220 g/mol. The van der Waals surface area contributed by atoms with Crippen LogP contribution in [0.25, 0.3) is 11.0 Å². The highest BCUT2D eigenvalue weighted by Gasteiger charge is 2.11. The minimum absolute atomic E-state index is 0.0655. The fourth-order valence-electron chi connectivity index (χ4n) is 1.86. The van der Waals surface area contributed by atoms with Gasteiger partial charge in [0.2, 0.25) is 0 Å². The van der Waals surface area contributed by atoms with E-state index in [1.54, 1.807) is 12.1 Å². The summed E-state index contributed by atoms with van der Waals surface area (Å²) in [5.74, 6) is -0.919. The molecule has 0 atom stereocenters. The lowest BCUT2D eigenvalue weighted by molar-refractivity contribution is -0.136. The highest BCUT2D eigenvalue weighted by atomic mass is 16.4. The summed E-state index contributed by atoms with van der Waals surface area (Å²) in [5.41, 5.74) is 1.35. The van der Waals surface area contributed by atoms with Gasteiger partial charge in [0.25, 0.3) is 0 Å². The van der Waals surface area contributed by atoms with Crippen LogP contribution < -0.4 is 5.63 Å². The Morgan fingerprint density at radius 2 is 2.06 bits per heavy atom. The molecule has 0 bridgehead atoms. The molecule has 0 radical (unpaired) electrons. The van der Waals surface area contributed by atoms with E-state index in [2.05, 4.69) is 0 Å². The van der Waals surface area contributed by atoms with Crippen LogP contribution in [0.1, 0.15) is 17.5 Å². The summed E-state index contributed by atoms with van der Waals surface area (Å²) in [7, 11) is 0. The fraction of sp³-hybridized carbons (Fsp3) is 0.231. The Hall–Kier alpha value is -2.10. The lowest BCUT2D eigenvalue weighted by atomic mass is 10.0. The van der Waals surface area contributed by atoms with Gasteiger partial charge in [-0.3, -0.25) is 4.79 Å². The molecule has 0 unspecified atom stereocenters. The zero-order chi connectivity index (χ0) is 12.4. The number of fused-ring (bicyclic) bond motifs is 1. The predicted octanol–water partition coefficient (Wildman–Crippen LogP) is 2.12. The van der Waals surface area contributed by atoms with E-state index in [-0.39, 0.29) is 12.8 Å². The number of carbonyl (C=O) groups is 1. The maximum atomic E-state index is 11.7. The van der Waals surface area contributed by atoms with Gasteiger partial charge in [0, 0.05) is 17.4 Å². The van der Waals surface area contributed by atoms with Gasteiger partial charge in [-0.25, -0.2) is 4.79 Å². The number of hydrogen-bond donors (Lipinski definition) is 1. The number of hydrogen-bond acceptors (Lipinski definition) is 3. The molecule has 1 heterocycles. The van der Waals surface area contributed by atoms with Crippen molar-refractivity contribution in [2.75, 3.05) is 0 Å². The van der Waals surface area contributed by atoms with Gasteiger partial charge in [-0.05, 0) is 25.0 Å². The first kappa shape index (κ1) is 11.4. The second-order valence-corrected chi connectivity index (χ2v) is 3.88. The van der Waals surface area contributed by atoms with Gasteiger partial charge >= 0.3 is 11.6 Å². The second kappa shape index (κ2) is 4.41. The maximum Gasteiger partial charge on any atom is 0.339 e. The van der Waals surface area contributed by atoms with Crippen molar-refractivity contribution >= 4 is 16.9 Å². The van der Waals surface area contributed by atoms with Crippen LogP contribution >= 0.6 is 0 Å². The molecule has 0 fully saturated rings. The molecule has 0 saturated carbocycles. The van der Waals surface area contributed by atoms with E-state index in [1.807, 2.05) is 19.1 Å². The zero-order valence-electron chi connectivity index (χ0n) is 9.40. The Morgan fingerprint density at radius 3 is 2.76 bits per heavy atom. The van der Waals surface area contributed by atoms with Crippen LogP contribution in [0.15, 0.2) is 33.5 Å². The first-order valence-electron chi connectivity index (χ1n) is 5.32. The number of benzene rings is 1. The average Bonchev–Trinajstić information content (AvgIpc) is 2.28. The SMILES string of the molecule is Cc1c(CCC(=O)O)c(=O)oc2ccccc12. The molecular formula is C13H12O4. The summed E-state index contributed by atoms with van der Waals surface area (Å²) in [6.07, 6.45) is 0.137. The highest BCUT2D eigenvalue weighted by molar-refractivity contribution is 5.81. The van der Waals surface area contributed by atoms with Crippen LogP contribution in [0.3, 0.4) is 0 Å². The van der Waals surface area contributed by atoms with E-state index in [0.29, 0.717) is 11.1 Å². The summed E-state index contributed by atoms with van der Waals surface area (Å²) in [6, 6.07) is 7.24. The summed E-state index contributed by atoms with van der Waals surface area (Å²) >= 11 is 0. The Labute approximate surface area is 97.5 Å². The van der Waals surface area contributed by atoms with Gasteiger partial charge in [0.15, 0.2) is 0 Å². The first-order valence-corrected chi connectivity index (χ1v) is 5.32. The Morgan fingerprint density at radius 1 is 1.35 bits per heavy atom. The summed E-state index contributed by atoms with van der Waals surface area (Å²) in [5, 5.41) is 9.49. The van der Waals surface area contributed by atoms with Crippen LogP contribution in [-0.4, -0.2) is 11.1 Å². The van der Waals surface area contributed by atoms with Crippen molar-refractivity contribution in [2.45, 2.75) is 19.8 Å². The smallest absolute Gasteiger partial charge is 0.339 e. The molecule has 1 aromatic carbocycles. The third kappa shape index (κ3) is 2.20. The van der Waals surface area contributed by atoms with Crippen molar-refractivity contribution in [2.24, 2.45) is 0 Å². The predicted molar refractivity (Wildman–Crippen MR) is 63.2 cm³/mol. The number of rotatable bonds is 3. The number of carboxylic acid groups (broad SMARTS) is 1. The quantitative estimate of drug-likeness (QED) is 0.823. The van der Waals surface area contributed by atoms with Crippen LogP contribution in [0.2, 0.25) is 0 Å². The molecule has 4 nitrogen and oxygen atoms in total. The summed E-state index contributed by atoms with van der Waals surface area (Å²) in [6.45, 7) is 1.82. The topological polar surface area (TPSA) is 67.5 Å². The zero-order valence-corrected chi connectivity index (χ0v) is 9.40. The molecule has 0 amide bonds. The van der Waals surface area contributed by atoms with Gasteiger partial charge in [-0.15, -0.1) is 0 Å². The van der Waals surface area contributed by atoms with Crippen molar-refractivity contribution in [3.63, 3.8) is 0 Å². The summed E-state index contributed by atoms with van der Waals surface area (Å²) in [4.78, 5) is 22.2. The third-order valence-corrected chi connectivity index (χ3v) is 2.78. The van der Waals surface area contributed by atoms with Gasteiger partial charge < -0.3 is 9.52 Å². The fourth-order valence-corrected chi connectivity index (χ4v) is 1.86. The van der Waals surface area contributed by atoms with E-state index in [9.17, 15) is 9.59 Å². The Balaban J connectivity index is 2.56. The molecule has 0 aliphatic carbocycles. The molecule has 88 valence electrons. The van der Waals surface area contributed by atoms with Crippen LogP contribution in [0.4, 0.5) is 0 Å². The van der Waals surface area contributed by atoms with Crippen LogP contribution in [0, 0.1) is 6.92 Å². The maximum absolute atomic E-state index is 11.7. The Bertz CT molecular complexity index is 625. The molecule has 2 aromatic rings. The summed E-state index contributed by atoms with van der Waals surface area (Å²) < 4.78 is 5.16. The lowest BCUT2D eigenvalue weighted by Gasteiger charge is -2.05. The Kier molecular flexibility index (Phi) is 2.95. The van der Waals surface area contributed by atoms with Crippen molar-refractivity contribution in [1.29, 1.82) is 0 Å². The minimum Gasteiger partial charge on any atom is -0.481 e. The van der Waals surface area contributed by atoms with Gasteiger partial charge in [-0.1, -0.05) is 18.2 Å². The largest absolute Gasteiger partial charge is 0.481 e. The van der Waals surface area contributed by atoms with Gasteiger partial charge in [-0.2, -0.15) is 0 Å². The van der Waals surface area contributed by atoms with Crippen LogP contribution in [0.5, 0.6) is 0 Å². The third-order valence-electron chi connectivity index (χ3n) is 2.78. The van der Waals surface area contributed by atoms with E-state index in [1.165, 1.54) is 0 Å².